The third-order valence-electron chi connectivity index (χ3n) is 5.05. The highest BCUT2D eigenvalue weighted by atomic mass is 16.6. The number of amides is 1. The summed E-state index contributed by atoms with van der Waals surface area (Å²) in [6.45, 7) is 3.10. The second kappa shape index (κ2) is 8.77. The summed E-state index contributed by atoms with van der Waals surface area (Å²) in [6.07, 6.45) is 2.38. The van der Waals surface area contributed by atoms with Crippen LogP contribution >= 0.6 is 0 Å². The van der Waals surface area contributed by atoms with E-state index in [-0.39, 0.29) is 6.09 Å². The summed E-state index contributed by atoms with van der Waals surface area (Å²) >= 11 is 0. The molecule has 0 aliphatic carbocycles. The average molecular weight is 392 g/mol. The number of rotatable bonds is 4. The molecule has 0 atom stereocenters. The van der Waals surface area contributed by atoms with Crippen LogP contribution in [0.2, 0.25) is 0 Å². The maximum Gasteiger partial charge on any atom is 0.410 e. The van der Waals surface area contributed by atoms with Crippen LogP contribution in [-0.4, -0.2) is 54.2 Å². The van der Waals surface area contributed by atoms with Crippen molar-refractivity contribution in [2.45, 2.75) is 13.0 Å². The van der Waals surface area contributed by atoms with Crippen molar-refractivity contribution >= 4 is 22.8 Å². The van der Waals surface area contributed by atoms with Crippen molar-refractivity contribution in [3.63, 3.8) is 0 Å². The maximum atomic E-state index is 12.5. The number of aromatic nitrogens is 2. The first-order valence-corrected chi connectivity index (χ1v) is 9.75. The van der Waals surface area contributed by atoms with Crippen molar-refractivity contribution < 1.29 is 14.3 Å². The molecule has 0 unspecified atom stereocenters. The first-order chi connectivity index (χ1) is 14.2. The quantitative estimate of drug-likeness (QED) is 0.677. The third-order valence-corrected chi connectivity index (χ3v) is 5.05. The third kappa shape index (κ3) is 4.39. The van der Waals surface area contributed by atoms with Crippen LogP contribution in [0.15, 0.2) is 54.7 Å². The van der Waals surface area contributed by atoms with Gasteiger partial charge in [0.1, 0.15) is 12.1 Å². The second-order valence-corrected chi connectivity index (χ2v) is 6.92. The summed E-state index contributed by atoms with van der Waals surface area (Å²) in [4.78, 5) is 25.5. The summed E-state index contributed by atoms with van der Waals surface area (Å²) in [7, 11) is 1.61. The lowest BCUT2D eigenvalue weighted by Gasteiger charge is -2.24. The Morgan fingerprint density at radius 2 is 1.90 bits per heavy atom. The van der Waals surface area contributed by atoms with Gasteiger partial charge in [0, 0.05) is 38.4 Å². The van der Waals surface area contributed by atoms with Gasteiger partial charge in [0.15, 0.2) is 0 Å². The van der Waals surface area contributed by atoms with Gasteiger partial charge in [0.05, 0.1) is 18.3 Å². The van der Waals surface area contributed by atoms with Crippen LogP contribution in [-0.2, 0) is 11.3 Å². The standard InChI is InChI=1S/C22H24N4O3/c1-28-20-9-8-18-21(24-20)19(10-11-23-18)25-12-5-13-26(15-14-25)22(27)29-16-17-6-3-2-4-7-17/h2-4,6-11H,5,12-16H2,1H3. The SMILES string of the molecule is COc1ccc2nccc(N3CCCN(C(=O)OCc4ccccc4)CC3)c2n1. The number of pyridine rings is 2. The lowest BCUT2D eigenvalue weighted by Crippen LogP contribution is -2.35. The van der Waals surface area contributed by atoms with Gasteiger partial charge in [0.2, 0.25) is 5.88 Å². The Morgan fingerprint density at radius 3 is 2.72 bits per heavy atom. The predicted octanol–water partition coefficient (Wildman–Crippen LogP) is 3.49. The van der Waals surface area contributed by atoms with Crippen LogP contribution in [0.25, 0.3) is 11.0 Å². The topological polar surface area (TPSA) is 67.8 Å². The molecule has 0 bridgehead atoms. The molecule has 1 fully saturated rings. The Hall–Kier alpha value is -3.35. The molecule has 1 saturated heterocycles. The van der Waals surface area contributed by atoms with Gasteiger partial charge in [-0.3, -0.25) is 4.98 Å². The molecular weight excluding hydrogens is 368 g/mol. The number of ether oxygens (including phenoxy) is 2. The van der Waals surface area contributed by atoms with Gasteiger partial charge in [-0.1, -0.05) is 30.3 Å². The molecule has 0 saturated carbocycles. The molecule has 7 heteroatoms. The van der Waals surface area contributed by atoms with E-state index in [1.165, 1.54) is 0 Å². The predicted molar refractivity (Wildman–Crippen MR) is 111 cm³/mol. The number of hydrogen-bond acceptors (Lipinski definition) is 6. The number of carbonyl (C=O) groups is 1. The molecule has 0 N–H and O–H groups in total. The van der Waals surface area contributed by atoms with Gasteiger partial charge < -0.3 is 19.3 Å². The van der Waals surface area contributed by atoms with Crippen molar-refractivity contribution in [2.75, 3.05) is 38.2 Å². The minimum atomic E-state index is -0.268. The van der Waals surface area contributed by atoms with Gasteiger partial charge in [-0.25, -0.2) is 9.78 Å². The second-order valence-electron chi connectivity index (χ2n) is 6.92. The number of benzene rings is 1. The lowest BCUT2D eigenvalue weighted by molar-refractivity contribution is 0.0986. The van der Waals surface area contributed by atoms with Crippen molar-refractivity contribution in [1.29, 1.82) is 0 Å². The van der Waals surface area contributed by atoms with E-state index in [9.17, 15) is 4.79 Å². The Bertz CT molecular complexity index is 980. The highest BCUT2D eigenvalue weighted by Gasteiger charge is 2.22. The molecule has 1 aliphatic rings. The fraction of sp³-hybridized carbons (Fsp3) is 0.318. The zero-order valence-corrected chi connectivity index (χ0v) is 16.5. The lowest BCUT2D eigenvalue weighted by atomic mass is 10.2. The Kier molecular flexibility index (Phi) is 5.74. The molecule has 29 heavy (non-hydrogen) atoms. The molecule has 7 nitrogen and oxygen atoms in total. The fourth-order valence-electron chi connectivity index (χ4n) is 3.51. The Morgan fingerprint density at radius 1 is 1.03 bits per heavy atom. The summed E-state index contributed by atoms with van der Waals surface area (Å²) in [5.74, 6) is 0.563. The van der Waals surface area contributed by atoms with Crippen molar-refractivity contribution in [3.05, 3.63) is 60.3 Å². The molecule has 1 aromatic carbocycles. The van der Waals surface area contributed by atoms with E-state index in [1.54, 1.807) is 18.2 Å². The minimum Gasteiger partial charge on any atom is -0.481 e. The van der Waals surface area contributed by atoms with Gasteiger partial charge in [-0.05, 0) is 24.1 Å². The first-order valence-electron chi connectivity index (χ1n) is 9.75. The minimum absolute atomic E-state index is 0.268. The summed E-state index contributed by atoms with van der Waals surface area (Å²) < 4.78 is 10.8. The zero-order chi connectivity index (χ0) is 20.1. The molecule has 1 aliphatic heterocycles. The number of anilines is 1. The number of nitrogens with zero attached hydrogens (tertiary/aromatic N) is 4. The number of carbonyl (C=O) groups excluding carboxylic acids is 1. The molecule has 150 valence electrons. The molecular formula is C22H24N4O3. The van der Waals surface area contributed by atoms with E-state index >= 15 is 0 Å². The van der Waals surface area contributed by atoms with Gasteiger partial charge in [-0.2, -0.15) is 0 Å². The average Bonchev–Trinajstić information content (AvgIpc) is 3.03. The van der Waals surface area contributed by atoms with Crippen LogP contribution in [0.5, 0.6) is 5.88 Å². The molecule has 1 amide bonds. The summed E-state index contributed by atoms with van der Waals surface area (Å²) in [5.41, 5.74) is 3.63. The van der Waals surface area contributed by atoms with E-state index < -0.39 is 0 Å². The van der Waals surface area contributed by atoms with Crippen LogP contribution in [0.1, 0.15) is 12.0 Å². The molecule has 3 heterocycles. The molecule has 0 spiro atoms. The molecule has 3 aromatic rings. The van der Waals surface area contributed by atoms with E-state index in [0.717, 1.165) is 35.2 Å². The summed E-state index contributed by atoms with van der Waals surface area (Å²) in [5, 5.41) is 0. The monoisotopic (exact) mass is 392 g/mol. The molecule has 0 radical (unpaired) electrons. The van der Waals surface area contributed by atoms with Crippen molar-refractivity contribution in [2.24, 2.45) is 0 Å². The van der Waals surface area contributed by atoms with E-state index in [4.69, 9.17) is 9.47 Å². The van der Waals surface area contributed by atoms with Gasteiger partial charge in [0.25, 0.3) is 0 Å². The summed E-state index contributed by atoms with van der Waals surface area (Å²) in [6, 6.07) is 15.4. The van der Waals surface area contributed by atoms with E-state index in [1.807, 2.05) is 48.5 Å². The highest BCUT2D eigenvalue weighted by Crippen LogP contribution is 2.26. The van der Waals surface area contributed by atoms with Crippen LogP contribution < -0.4 is 9.64 Å². The van der Waals surface area contributed by atoms with Crippen molar-refractivity contribution in [3.8, 4) is 5.88 Å². The van der Waals surface area contributed by atoms with Gasteiger partial charge in [-0.15, -0.1) is 0 Å². The first kappa shape index (κ1) is 19.0. The van der Waals surface area contributed by atoms with E-state index in [2.05, 4.69) is 14.9 Å². The fourth-order valence-corrected chi connectivity index (χ4v) is 3.51. The van der Waals surface area contributed by atoms with E-state index in [0.29, 0.717) is 32.1 Å². The Labute approximate surface area is 169 Å². The number of methoxy groups -OCH3 is 1. The van der Waals surface area contributed by atoms with Crippen molar-refractivity contribution in [1.82, 2.24) is 14.9 Å². The number of fused-ring (bicyclic) bond motifs is 1. The Balaban J connectivity index is 1.44. The van der Waals surface area contributed by atoms with Crippen LogP contribution in [0, 0.1) is 0 Å². The molecule has 4 rings (SSSR count). The highest BCUT2D eigenvalue weighted by molar-refractivity contribution is 5.88. The number of hydrogen-bond donors (Lipinski definition) is 0. The zero-order valence-electron chi connectivity index (χ0n) is 16.5. The maximum absolute atomic E-state index is 12.5. The largest absolute Gasteiger partial charge is 0.481 e. The molecule has 2 aromatic heterocycles. The van der Waals surface area contributed by atoms with Crippen LogP contribution in [0.4, 0.5) is 10.5 Å². The normalized spacial score (nSPS) is 14.5. The van der Waals surface area contributed by atoms with Gasteiger partial charge >= 0.3 is 6.09 Å². The van der Waals surface area contributed by atoms with Crippen LogP contribution in [0.3, 0.4) is 0 Å². The smallest absolute Gasteiger partial charge is 0.410 e.